The summed E-state index contributed by atoms with van der Waals surface area (Å²) in [6.07, 6.45) is 0.192. The first-order valence-electron chi connectivity index (χ1n) is 10.8. The predicted molar refractivity (Wildman–Crippen MR) is 113 cm³/mol. The number of aryl methyl sites for hydroxylation is 1. The zero-order valence-corrected chi connectivity index (χ0v) is 18.6. The highest BCUT2D eigenvalue weighted by Gasteiger charge is 2.46. The van der Waals surface area contributed by atoms with Crippen molar-refractivity contribution < 1.29 is 41.9 Å². The van der Waals surface area contributed by atoms with E-state index < -0.39 is 47.7 Å². The molecule has 178 valence electrons. The highest BCUT2D eigenvalue weighted by atomic mass is 32.3. The lowest BCUT2D eigenvalue weighted by Crippen LogP contribution is -2.59. The number of aliphatic hydroxyl groups excluding tert-OH is 4. The molecule has 0 radical (unpaired) electrons. The molecule has 31 heavy (non-hydrogen) atoms. The van der Waals surface area contributed by atoms with Crippen LogP contribution in [0.15, 0.2) is 24.3 Å². The molecule has 1 aromatic carbocycles. The van der Waals surface area contributed by atoms with Crippen molar-refractivity contribution in [3.05, 3.63) is 29.8 Å². The van der Waals surface area contributed by atoms with Gasteiger partial charge in [0, 0.05) is 0 Å². The minimum absolute atomic E-state index is 0.109. The lowest BCUT2D eigenvalue weighted by molar-refractivity contribution is -0.277. The van der Waals surface area contributed by atoms with Gasteiger partial charge >= 0.3 is 10.4 Å². The zero-order valence-electron chi connectivity index (χ0n) is 17.8. The van der Waals surface area contributed by atoms with E-state index in [-0.39, 0.29) is 5.75 Å². The molecule has 5 atom stereocenters. The molecule has 1 heterocycles. The van der Waals surface area contributed by atoms with E-state index in [9.17, 15) is 28.8 Å². The fourth-order valence-electron chi connectivity index (χ4n) is 3.46. The molecule has 0 aromatic heterocycles. The summed E-state index contributed by atoms with van der Waals surface area (Å²) in [6.45, 7) is 1.47. The molecule has 0 spiro atoms. The molecule has 0 unspecified atom stereocenters. The van der Waals surface area contributed by atoms with Crippen LogP contribution in [0, 0.1) is 0 Å². The van der Waals surface area contributed by atoms with E-state index >= 15 is 0 Å². The second kappa shape index (κ2) is 12.7. The molecular formula is C21H34O9S. The van der Waals surface area contributed by atoms with E-state index in [4.69, 9.17) is 13.1 Å². The van der Waals surface area contributed by atoms with Gasteiger partial charge in [-0.05, 0) is 24.5 Å². The van der Waals surface area contributed by atoms with Crippen LogP contribution in [-0.4, -0.2) is 66.2 Å². The molecule has 1 aliphatic rings. The molecule has 2 rings (SSSR count). The van der Waals surface area contributed by atoms with Gasteiger partial charge in [-0.1, -0.05) is 63.6 Å². The first-order chi connectivity index (χ1) is 14.8. The Hall–Kier alpha value is -1.27. The van der Waals surface area contributed by atoms with Crippen molar-refractivity contribution in [1.29, 1.82) is 0 Å². The second-order valence-electron chi connectivity index (χ2n) is 7.76. The largest absolute Gasteiger partial charge is 0.451 e. The number of benzene rings is 1. The number of aliphatic hydroxyl groups is 4. The summed E-state index contributed by atoms with van der Waals surface area (Å²) in [5.41, 5.74) is 0.706. The summed E-state index contributed by atoms with van der Waals surface area (Å²) in [5.74, 6) is 0.109. The van der Waals surface area contributed by atoms with Crippen molar-refractivity contribution in [2.24, 2.45) is 0 Å². The van der Waals surface area contributed by atoms with Crippen LogP contribution in [-0.2, 0) is 25.7 Å². The third kappa shape index (κ3) is 7.98. The number of hydrogen-bond acceptors (Lipinski definition) is 9. The van der Waals surface area contributed by atoms with Gasteiger partial charge in [-0.2, -0.15) is 8.42 Å². The van der Waals surface area contributed by atoms with E-state index in [0.29, 0.717) is 12.0 Å². The van der Waals surface area contributed by atoms with Crippen LogP contribution in [0.4, 0.5) is 0 Å². The van der Waals surface area contributed by atoms with Gasteiger partial charge in [0.05, 0.1) is 6.61 Å². The number of para-hydroxylation sites is 1. The topological polar surface area (TPSA) is 143 Å². The number of rotatable bonds is 13. The van der Waals surface area contributed by atoms with Crippen LogP contribution < -0.4 is 4.18 Å². The average molecular weight is 463 g/mol. The molecule has 1 fully saturated rings. The Bertz CT molecular complexity index is 753. The maximum atomic E-state index is 12.4. The summed E-state index contributed by atoms with van der Waals surface area (Å²) in [4.78, 5) is 0. The number of ether oxygens (including phenoxy) is 1. The maximum absolute atomic E-state index is 12.4. The molecule has 1 aromatic rings. The molecule has 4 N–H and O–H groups in total. The van der Waals surface area contributed by atoms with Crippen LogP contribution in [0.5, 0.6) is 5.75 Å². The van der Waals surface area contributed by atoms with Gasteiger partial charge < -0.3 is 29.3 Å². The smallest absolute Gasteiger partial charge is 0.394 e. The van der Waals surface area contributed by atoms with Crippen LogP contribution in [0.3, 0.4) is 0 Å². The Balaban J connectivity index is 1.94. The monoisotopic (exact) mass is 462 g/mol. The minimum atomic E-state index is -4.67. The van der Waals surface area contributed by atoms with Gasteiger partial charge in [-0.25, -0.2) is 4.18 Å². The van der Waals surface area contributed by atoms with Crippen LogP contribution in [0.2, 0.25) is 0 Å². The molecule has 0 amide bonds. The normalized spacial score (nSPS) is 26.7. The predicted octanol–water partition coefficient (Wildman–Crippen LogP) is 1.42. The van der Waals surface area contributed by atoms with Crippen LogP contribution >= 0.6 is 0 Å². The van der Waals surface area contributed by atoms with Crippen molar-refractivity contribution in [3.63, 3.8) is 0 Å². The highest BCUT2D eigenvalue weighted by Crippen LogP contribution is 2.26. The lowest BCUT2D eigenvalue weighted by Gasteiger charge is -2.38. The van der Waals surface area contributed by atoms with Crippen molar-refractivity contribution in [2.45, 2.75) is 89.0 Å². The zero-order chi connectivity index (χ0) is 22.9. The average Bonchev–Trinajstić information content (AvgIpc) is 2.74. The quantitative estimate of drug-likeness (QED) is 0.320. The van der Waals surface area contributed by atoms with Gasteiger partial charge in [0.25, 0.3) is 0 Å². The Kier molecular flexibility index (Phi) is 10.6. The summed E-state index contributed by atoms with van der Waals surface area (Å²) in [7, 11) is -4.67. The lowest BCUT2D eigenvalue weighted by atomic mass is 10.00. The Morgan fingerprint density at radius 3 is 2.26 bits per heavy atom. The summed E-state index contributed by atoms with van der Waals surface area (Å²) in [5, 5.41) is 38.7. The number of unbranched alkanes of at least 4 members (excludes halogenated alkanes) is 6. The Labute approximate surface area is 183 Å². The van der Waals surface area contributed by atoms with Crippen molar-refractivity contribution in [2.75, 3.05) is 6.61 Å². The van der Waals surface area contributed by atoms with Gasteiger partial charge in [-0.3, -0.25) is 0 Å². The van der Waals surface area contributed by atoms with E-state index in [0.717, 1.165) is 19.3 Å². The molecular weight excluding hydrogens is 428 g/mol. The molecule has 0 aliphatic carbocycles. The van der Waals surface area contributed by atoms with Crippen molar-refractivity contribution >= 4 is 10.4 Å². The summed E-state index contributed by atoms with van der Waals surface area (Å²) in [6, 6.07) is 6.70. The third-order valence-corrected chi connectivity index (χ3v) is 6.08. The molecule has 1 aliphatic heterocycles. The maximum Gasteiger partial charge on any atom is 0.451 e. The fraction of sp³-hybridized carbons (Fsp3) is 0.714. The van der Waals surface area contributed by atoms with Gasteiger partial charge in [0.1, 0.15) is 30.2 Å². The number of hydrogen-bond donors (Lipinski definition) is 4. The minimum Gasteiger partial charge on any atom is -0.394 e. The van der Waals surface area contributed by atoms with Gasteiger partial charge in [-0.15, -0.1) is 0 Å². The Morgan fingerprint density at radius 2 is 1.58 bits per heavy atom. The van der Waals surface area contributed by atoms with Crippen LogP contribution in [0.25, 0.3) is 0 Å². The highest BCUT2D eigenvalue weighted by molar-refractivity contribution is 7.82. The van der Waals surface area contributed by atoms with Gasteiger partial charge in [0.2, 0.25) is 6.29 Å². The van der Waals surface area contributed by atoms with E-state index in [1.807, 2.05) is 0 Å². The SMILES string of the molecule is CCCCCCCCCc1ccccc1OS(=O)(=O)O[C@@H]1O[C@H](CO)[C@H](O)[C@H](O)[C@H]1O. The van der Waals surface area contributed by atoms with E-state index in [1.54, 1.807) is 18.2 Å². The standard InChI is InChI=1S/C21H34O9S/c1-2-3-4-5-6-7-8-11-15-12-9-10-13-16(15)29-31(26,27)30-21-20(25)19(24)18(23)17(14-22)28-21/h9-10,12-13,17-25H,2-8,11,14H2,1H3/t17-,18+,19+,20-,21+/m1/s1. The molecule has 0 bridgehead atoms. The van der Waals surface area contributed by atoms with Crippen molar-refractivity contribution in [3.8, 4) is 5.75 Å². The third-order valence-electron chi connectivity index (χ3n) is 5.28. The summed E-state index contributed by atoms with van der Waals surface area (Å²) >= 11 is 0. The first-order valence-corrected chi connectivity index (χ1v) is 12.1. The first kappa shape index (κ1) is 26.0. The molecule has 10 heteroatoms. The van der Waals surface area contributed by atoms with Gasteiger partial charge in [0.15, 0.2) is 0 Å². The van der Waals surface area contributed by atoms with E-state index in [2.05, 4.69) is 6.92 Å². The van der Waals surface area contributed by atoms with Crippen molar-refractivity contribution in [1.82, 2.24) is 0 Å². The molecule has 0 saturated carbocycles. The Morgan fingerprint density at radius 1 is 0.935 bits per heavy atom. The summed E-state index contributed by atoms with van der Waals surface area (Å²) < 4.78 is 39.7. The van der Waals surface area contributed by atoms with Crippen LogP contribution in [0.1, 0.15) is 57.4 Å². The molecule has 1 saturated heterocycles. The molecule has 9 nitrogen and oxygen atoms in total. The fourth-order valence-corrected chi connectivity index (χ4v) is 4.27. The van der Waals surface area contributed by atoms with E-state index in [1.165, 1.54) is 31.7 Å². The second-order valence-corrected chi connectivity index (χ2v) is 8.94.